The number of benzene rings is 2. The minimum Gasteiger partial charge on any atom is -0.493 e. The van der Waals surface area contributed by atoms with Crippen LogP contribution in [0.15, 0.2) is 45.8 Å². The van der Waals surface area contributed by atoms with Crippen molar-refractivity contribution in [2.24, 2.45) is 0 Å². The second-order valence-corrected chi connectivity index (χ2v) is 7.98. The van der Waals surface area contributed by atoms with Crippen molar-refractivity contribution in [2.45, 2.75) is 18.7 Å². The third-order valence-corrected chi connectivity index (χ3v) is 5.73. The molecule has 8 nitrogen and oxygen atoms in total. The van der Waals surface area contributed by atoms with Crippen LogP contribution in [0.4, 0.5) is 5.69 Å². The van der Waals surface area contributed by atoms with Crippen LogP contribution in [0.2, 0.25) is 0 Å². The third-order valence-electron chi connectivity index (χ3n) is 4.37. The van der Waals surface area contributed by atoms with Crippen LogP contribution in [-0.2, 0) is 10.0 Å². The first-order valence-electron chi connectivity index (χ1n) is 8.67. The highest BCUT2D eigenvalue weighted by Crippen LogP contribution is 2.43. The minimum absolute atomic E-state index is 0.138. The summed E-state index contributed by atoms with van der Waals surface area (Å²) in [6.07, 6.45) is 0. The average molecular weight is 418 g/mol. The first kappa shape index (κ1) is 20.5. The molecule has 0 atom stereocenters. The molecule has 0 amide bonds. The summed E-state index contributed by atoms with van der Waals surface area (Å²) in [4.78, 5) is 0.138. The van der Waals surface area contributed by atoms with E-state index in [0.717, 1.165) is 5.56 Å². The summed E-state index contributed by atoms with van der Waals surface area (Å²) in [5.41, 5.74) is 2.04. The van der Waals surface area contributed by atoms with E-state index in [2.05, 4.69) is 9.88 Å². The van der Waals surface area contributed by atoms with Crippen molar-refractivity contribution in [2.75, 3.05) is 26.1 Å². The molecule has 1 N–H and O–H groups in total. The summed E-state index contributed by atoms with van der Waals surface area (Å²) in [5.74, 6) is 1.56. The number of nitrogens with zero attached hydrogens (tertiary/aromatic N) is 1. The van der Waals surface area contributed by atoms with Crippen molar-refractivity contribution >= 4 is 15.7 Å². The molecule has 0 saturated carbocycles. The fourth-order valence-corrected chi connectivity index (χ4v) is 3.94. The fraction of sp³-hybridized carbons (Fsp3) is 0.250. The van der Waals surface area contributed by atoms with Crippen molar-refractivity contribution in [3.8, 4) is 28.5 Å². The van der Waals surface area contributed by atoms with Gasteiger partial charge in [0.15, 0.2) is 17.3 Å². The standard InChI is InChI=1S/C20H22N2O6S/c1-12-6-8-15(9-7-12)29(23,24)22-18-13(2)28-21-19(18)14-10-16(25-3)20(27-5)17(11-14)26-4/h6-11,22H,1-5H3. The Morgan fingerprint density at radius 2 is 1.52 bits per heavy atom. The van der Waals surface area contributed by atoms with Crippen LogP contribution in [0.5, 0.6) is 17.2 Å². The van der Waals surface area contributed by atoms with Gasteiger partial charge >= 0.3 is 0 Å². The topological polar surface area (TPSA) is 99.9 Å². The number of hydrogen-bond donors (Lipinski definition) is 1. The highest BCUT2D eigenvalue weighted by molar-refractivity contribution is 7.92. The molecule has 0 saturated heterocycles. The number of aromatic nitrogens is 1. The van der Waals surface area contributed by atoms with Crippen LogP contribution in [-0.4, -0.2) is 34.9 Å². The van der Waals surface area contributed by atoms with Crippen LogP contribution in [0, 0.1) is 13.8 Å². The van der Waals surface area contributed by atoms with Crippen LogP contribution in [0.1, 0.15) is 11.3 Å². The molecule has 1 heterocycles. The highest BCUT2D eigenvalue weighted by atomic mass is 32.2. The molecule has 9 heteroatoms. The largest absolute Gasteiger partial charge is 0.493 e. The zero-order valence-electron chi connectivity index (χ0n) is 16.8. The van der Waals surface area contributed by atoms with Crippen LogP contribution < -0.4 is 18.9 Å². The highest BCUT2D eigenvalue weighted by Gasteiger charge is 2.24. The summed E-state index contributed by atoms with van der Waals surface area (Å²) < 4.78 is 49.6. The molecular weight excluding hydrogens is 396 g/mol. The zero-order valence-corrected chi connectivity index (χ0v) is 17.6. The van der Waals surface area contributed by atoms with E-state index in [1.807, 2.05) is 6.92 Å². The second kappa shape index (κ2) is 8.04. The van der Waals surface area contributed by atoms with Crippen LogP contribution >= 0.6 is 0 Å². The second-order valence-electron chi connectivity index (χ2n) is 6.29. The molecule has 0 aliphatic carbocycles. The number of sulfonamides is 1. The number of anilines is 1. The van der Waals surface area contributed by atoms with Crippen LogP contribution in [0.3, 0.4) is 0 Å². The van der Waals surface area contributed by atoms with E-state index >= 15 is 0 Å². The van der Waals surface area contributed by atoms with E-state index in [1.165, 1.54) is 21.3 Å². The molecule has 0 spiro atoms. The lowest BCUT2D eigenvalue weighted by atomic mass is 10.1. The van der Waals surface area contributed by atoms with E-state index in [1.54, 1.807) is 43.3 Å². The molecule has 0 aliphatic heterocycles. The average Bonchev–Trinajstić information content (AvgIpc) is 3.06. The van der Waals surface area contributed by atoms with Gasteiger partial charge < -0.3 is 18.7 Å². The van der Waals surface area contributed by atoms with Gasteiger partial charge in [0.2, 0.25) is 5.75 Å². The Morgan fingerprint density at radius 3 is 2.03 bits per heavy atom. The molecule has 3 rings (SSSR count). The lowest BCUT2D eigenvalue weighted by Crippen LogP contribution is -2.13. The van der Waals surface area contributed by atoms with Gasteiger partial charge in [-0.15, -0.1) is 0 Å². The van der Waals surface area contributed by atoms with Crippen molar-refractivity contribution < 1.29 is 27.2 Å². The predicted octanol–water partition coefficient (Wildman–Crippen LogP) is 3.79. The molecule has 0 bridgehead atoms. The van der Waals surface area contributed by atoms with Gasteiger partial charge in [-0.3, -0.25) is 4.72 Å². The van der Waals surface area contributed by atoms with Crippen molar-refractivity contribution in [1.82, 2.24) is 5.16 Å². The Bertz CT molecular complexity index is 1100. The van der Waals surface area contributed by atoms with E-state index in [-0.39, 0.29) is 10.6 Å². The molecule has 0 fully saturated rings. The van der Waals surface area contributed by atoms with Crippen LogP contribution in [0.25, 0.3) is 11.3 Å². The van der Waals surface area contributed by atoms with E-state index in [0.29, 0.717) is 34.3 Å². The Morgan fingerprint density at radius 1 is 0.931 bits per heavy atom. The molecule has 29 heavy (non-hydrogen) atoms. The van der Waals surface area contributed by atoms with Crippen molar-refractivity contribution in [1.29, 1.82) is 0 Å². The first-order chi connectivity index (χ1) is 13.8. The first-order valence-corrected chi connectivity index (χ1v) is 10.1. The maximum absolute atomic E-state index is 12.8. The maximum atomic E-state index is 12.8. The number of nitrogens with one attached hydrogen (secondary N) is 1. The number of rotatable bonds is 7. The lowest BCUT2D eigenvalue weighted by Gasteiger charge is -2.14. The van der Waals surface area contributed by atoms with E-state index in [9.17, 15) is 8.42 Å². The number of ether oxygens (including phenoxy) is 3. The molecule has 3 aromatic rings. The molecule has 0 radical (unpaired) electrons. The smallest absolute Gasteiger partial charge is 0.262 e. The Hall–Kier alpha value is -3.20. The van der Waals surface area contributed by atoms with Gasteiger partial charge in [-0.05, 0) is 38.1 Å². The number of aryl methyl sites for hydroxylation is 2. The van der Waals surface area contributed by atoms with Gasteiger partial charge in [0.1, 0.15) is 11.4 Å². The third kappa shape index (κ3) is 4.00. The Kier molecular flexibility index (Phi) is 5.69. The molecule has 1 aromatic heterocycles. The van der Waals surface area contributed by atoms with Gasteiger partial charge in [0.25, 0.3) is 10.0 Å². The van der Waals surface area contributed by atoms with Gasteiger partial charge in [0.05, 0.1) is 26.2 Å². The zero-order chi connectivity index (χ0) is 21.2. The summed E-state index contributed by atoms with van der Waals surface area (Å²) in [6, 6.07) is 9.88. The molecular formula is C20H22N2O6S. The quantitative estimate of drug-likeness (QED) is 0.623. The maximum Gasteiger partial charge on any atom is 0.262 e. The minimum atomic E-state index is -3.83. The van der Waals surface area contributed by atoms with Crippen molar-refractivity contribution in [3.63, 3.8) is 0 Å². The number of methoxy groups -OCH3 is 3. The summed E-state index contributed by atoms with van der Waals surface area (Å²) in [5, 5.41) is 4.03. The molecule has 0 unspecified atom stereocenters. The SMILES string of the molecule is COc1cc(-c2noc(C)c2NS(=O)(=O)c2ccc(C)cc2)cc(OC)c1OC. The molecule has 2 aromatic carbocycles. The van der Waals surface area contributed by atoms with Gasteiger partial charge in [0, 0.05) is 5.56 Å². The lowest BCUT2D eigenvalue weighted by molar-refractivity contribution is 0.324. The molecule has 154 valence electrons. The summed E-state index contributed by atoms with van der Waals surface area (Å²) >= 11 is 0. The Labute approximate surface area is 169 Å². The summed E-state index contributed by atoms with van der Waals surface area (Å²) in [7, 11) is 0.659. The monoisotopic (exact) mass is 418 g/mol. The van der Waals surface area contributed by atoms with Gasteiger partial charge in [-0.25, -0.2) is 8.42 Å². The van der Waals surface area contributed by atoms with Crippen molar-refractivity contribution in [3.05, 3.63) is 47.7 Å². The van der Waals surface area contributed by atoms with E-state index < -0.39 is 10.0 Å². The Balaban J connectivity index is 2.08. The predicted molar refractivity (Wildman–Crippen MR) is 108 cm³/mol. The number of hydrogen-bond acceptors (Lipinski definition) is 7. The van der Waals surface area contributed by atoms with Gasteiger partial charge in [-0.1, -0.05) is 22.9 Å². The summed E-state index contributed by atoms with van der Waals surface area (Å²) in [6.45, 7) is 3.51. The fourth-order valence-electron chi connectivity index (χ4n) is 2.82. The van der Waals surface area contributed by atoms with E-state index in [4.69, 9.17) is 18.7 Å². The molecule has 0 aliphatic rings. The normalized spacial score (nSPS) is 11.2. The van der Waals surface area contributed by atoms with Gasteiger partial charge in [-0.2, -0.15) is 0 Å².